The van der Waals surface area contributed by atoms with Gasteiger partial charge in [0.25, 0.3) is 0 Å². The average molecular weight is 242 g/mol. The molecule has 0 aliphatic heterocycles. The second kappa shape index (κ2) is 7.70. The van der Waals surface area contributed by atoms with Crippen molar-refractivity contribution in [3.8, 4) is 0 Å². The number of amides is 2. The molecule has 98 valence electrons. The van der Waals surface area contributed by atoms with Crippen LogP contribution in [0.4, 0.5) is 4.79 Å². The van der Waals surface area contributed by atoms with Gasteiger partial charge in [-0.1, -0.05) is 25.5 Å². The second-order valence-electron chi connectivity index (χ2n) is 4.64. The van der Waals surface area contributed by atoms with Gasteiger partial charge in [0.15, 0.2) is 0 Å². The van der Waals surface area contributed by atoms with Crippen LogP contribution in [0.5, 0.6) is 0 Å². The quantitative estimate of drug-likeness (QED) is 0.696. The molecule has 0 unspecified atom stereocenters. The Hall–Kier alpha value is -1.52. The Bertz CT molecular complexity index is 294. The first-order valence-electron chi connectivity index (χ1n) is 5.70. The van der Waals surface area contributed by atoms with Crippen molar-refractivity contribution in [1.29, 1.82) is 0 Å². The molecule has 0 aliphatic carbocycles. The van der Waals surface area contributed by atoms with E-state index in [0.717, 1.165) is 5.57 Å². The van der Waals surface area contributed by atoms with E-state index in [4.69, 9.17) is 5.11 Å². The zero-order valence-corrected chi connectivity index (χ0v) is 11.0. The van der Waals surface area contributed by atoms with Crippen molar-refractivity contribution in [2.45, 2.75) is 27.7 Å². The first-order chi connectivity index (χ1) is 7.82. The van der Waals surface area contributed by atoms with Gasteiger partial charge < -0.3 is 15.3 Å². The Morgan fingerprint density at radius 3 is 2.35 bits per heavy atom. The lowest BCUT2D eigenvalue weighted by atomic mass is 10.2. The van der Waals surface area contributed by atoms with Crippen LogP contribution in [-0.2, 0) is 4.79 Å². The van der Waals surface area contributed by atoms with E-state index >= 15 is 0 Å². The maximum absolute atomic E-state index is 11.7. The predicted octanol–water partition coefficient (Wildman–Crippen LogP) is 1.70. The molecule has 0 aromatic carbocycles. The summed E-state index contributed by atoms with van der Waals surface area (Å²) < 4.78 is 0. The van der Waals surface area contributed by atoms with Gasteiger partial charge in [0.2, 0.25) is 0 Å². The predicted molar refractivity (Wildman–Crippen MR) is 66.9 cm³/mol. The molecule has 5 nitrogen and oxygen atoms in total. The van der Waals surface area contributed by atoms with Crippen molar-refractivity contribution in [2.75, 3.05) is 19.6 Å². The molecule has 0 bridgehead atoms. The summed E-state index contributed by atoms with van der Waals surface area (Å²) in [6.45, 7) is 8.36. The highest BCUT2D eigenvalue weighted by Crippen LogP contribution is 1.99. The van der Waals surface area contributed by atoms with E-state index in [2.05, 4.69) is 5.32 Å². The highest BCUT2D eigenvalue weighted by molar-refractivity contribution is 5.80. The number of carbonyl (C=O) groups excluding carboxylic acids is 1. The molecule has 0 aromatic heterocycles. The fourth-order valence-corrected chi connectivity index (χ4v) is 1.28. The Morgan fingerprint density at radius 2 is 1.94 bits per heavy atom. The van der Waals surface area contributed by atoms with Gasteiger partial charge in [-0.2, -0.15) is 0 Å². The van der Waals surface area contributed by atoms with E-state index in [0.29, 0.717) is 13.1 Å². The topological polar surface area (TPSA) is 69.6 Å². The van der Waals surface area contributed by atoms with Crippen LogP contribution in [0.1, 0.15) is 27.7 Å². The first kappa shape index (κ1) is 15.5. The minimum Gasteiger partial charge on any atom is -0.480 e. The van der Waals surface area contributed by atoms with Gasteiger partial charge in [-0.3, -0.25) is 4.79 Å². The van der Waals surface area contributed by atoms with Crippen molar-refractivity contribution in [1.82, 2.24) is 10.2 Å². The van der Waals surface area contributed by atoms with Crippen LogP contribution < -0.4 is 5.32 Å². The summed E-state index contributed by atoms with van der Waals surface area (Å²) in [5.74, 6) is -0.758. The Balaban J connectivity index is 4.31. The number of nitrogens with zero attached hydrogens (tertiary/aromatic N) is 1. The Morgan fingerprint density at radius 1 is 1.35 bits per heavy atom. The van der Waals surface area contributed by atoms with E-state index in [1.54, 1.807) is 0 Å². The molecule has 0 aromatic rings. The normalized spacial score (nSPS) is 9.94. The zero-order valence-electron chi connectivity index (χ0n) is 11.0. The molecule has 2 amide bonds. The van der Waals surface area contributed by atoms with E-state index in [1.807, 2.05) is 33.8 Å². The number of allylic oxidation sites excluding steroid dienone is 1. The lowest BCUT2D eigenvalue weighted by Gasteiger charge is -2.22. The highest BCUT2D eigenvalue weighted by atomic mass is 16.4. The van der Waals surface area contributed by atoms with Crippen molar-refractivity contribution >= 4 is 12.0 Å². The summed E-state index contributed by atoms with van der Waals surface area (Å²) in [6.07, 6.45) is 1.88. The van der Waals surface area contributed by atoms with Gasteiger partial charge in [-0.05, 0) is 19.8 Å². The Labute approximate surface area is 102 Å². The minimum atomic E-state index is -0.997. The summed E-state index contributed by atoms with van der Waals surface area (Å²) >= 11 is 0. The maximum atomic E-state index is 11.7. The summed E-state index contributed by atoms with van der Waals surface area (Å²) in [7, 11) is 0. The number of carboxylic acid groups (broad SMARTS) is 1. The fraction of sp³-hybridized carbons (Fsp3) is 0.667. The summed E-state index contributed by atoms with van der Waals surface area (Å²) in [4.78, 5) is 23.7. The number of carbonyl (C=O) groups is 2. The second-order valence-corrected chi connectivity index (χ2v) is 4.64. The number of nitrogens with one attached hydrogen (secondary N) is 1. The van der Waals surface area contributed by atoms with Crippen LogP contribution in [0.25, 0.3) is 0 Å². The van der Waals surface area contributed by atoms with Crippen LogP contribution >= 0.6 is 0 Å². The molecular formula is C12H22N2O3. The molecule has 0 saturated carbocycles. The van der Waals surface area contributed by atoms with Gasteiger partial charge in [0, 0.05) is 13.1 Å². The average Bonchev–Trinajstić information content (AvgIpc) is 2.14. The zero-order chi connectivity index (χ0) is 13.4. The third-order valence-electron chi connectivity index (χ3n) is 1.96. The standard InChI is InChI=1S/C12H22N2O3/c1-9(2)5-6-13-12(17)14(7-10(3)4)8-11(15)16/h5,10H,6-8H2,1-4H3,(H,13,17)(H,15,16). The number of carboxylic acids is 1. The smallest absolute Gasteiger partial charge is 0.323 e. The van der Waals surface area contributed by atoms with Crippen molar-refractivity contribution in [3.05, 3.63) is 11.6 Å². The van der Waals surface area contributed by atoms with Crippen LogP contribution in [-0.4, -0.2) is 41.6 Å². The van der Waals surface area contributed by atoms with Crippen molar-refractivity contribution in [3.63, 3.8) is 0 Å². The molecule has 0 heterocycles. The molecule has 0 spiro atoms. The molecule has 0 saturated heterocycles. The van der Waals surface area contributed by atoms with Gasteiger partial charge in [0.05, 0.1) is 0 Å². The van der Waals surface area contributed by atoms with Gasteiger partial charge in [-0.25, -0.2) is 4.79 Å². The SMILES string of the molecule is CC(C)=CCNC(=O)N(CC(=O)O)CC(C)C. The van der Waals surface area contributed by atoms with Crippen LogP contribution in [0.15, 0.2) is 11.6 Å². The summed E-state index contributed by atoms with van der Waals surface area (Å²) in [5, 5.41) is 11.4. The number of hydrogen-bond donors (Lipinski definition) is 2. The van der Waals surface area contributed by atoms with Crippen LogP contribution in [0, 0.1) is 5.92 Å². The lowest BCUT2D eigenvalue weighted by molar-refractivity contribution is -0.137. The monoisotopic (exact) mass is 242 g/mol. The number of aliphatic carboxylic acids is 1. The van der Waals surface area contributed by atoms with Crippen LogP contribution in [0.2, 0.25) is 0 Å². The van der Waals surface area contributed by atoms with Gasteiger partial charge in [0.1, 0.15) is 6.54 Å². The van der Waals surface area contributed by atoms with Gasteiger partial charge in [-0.15, -0.1) is 0 Å². The molecule has 0 aliphatic rings. The third-order valence-corrected chi connectivity index (χ3v) is 1.96. The lowest BCUT2D eigenvalue weighted by Crippen LogP contribution is -2.44. The highest BCUT2D eigenvalue weighted by Gasteiger charge is 2.16. The van der Waals surface area contributed by atoms with Crippen molar-refractivity contribution in [2.24, 2.45) is 5.92 Å². The van der Waals surface area contributed by atoms with Crippen LogP contribution in [0.3, 0.4) is 0 Å². The molecule has 0 atom stereocenters. The maximum Gasteiger partial charge on any atom is 0.323 e. The van der Waals surface area contributed by atoms with E-state index in [9.17, 15) is 9.59 Å². The number of rotatable bonds is 6. The van der Waals surface area contributed by atoms with E-state index in [1.165, 1.54) is 4.90 Å². The Kier molecular flexibility index (Phi) is 7.02. The largest absolute Gasteiger partial charge is 0.480 e. The summed E-state index contributed by atoms with van der Waals surface area (Å²) in [6, 6.07) is -0.335. The first-order valence-corrected chi connectivity index (χ1v) is 5.70. The van der Waals surface area contributed by atoms with E-state index < -0.39 is 5.97 Å². The third kappa shape index (κ3) is 8.30. The number of hydrogen-bond acceptors (Lipinski definition) is 2. The minimum absolute atomic E-state index is 0.239. The molecule has 2 N–H and O–H groups in total. The molecule has 0 radical (unpaired) electrons. The molecule has 17 heavy (non-hydrogen) atoms. The molecule has 5 heteroatoms. The summed E-state index contributed by atoms with van der Waals surface area (Å²) in [5.41, 5.74) is 1.11. The molecule has 0 fully saturated rings. The van der Waals surface area contributed by atoms with E-state index in [-0.39, 0.29) is 18.5 Å². The molecule has 0 rings (SSSR count). The number of urea groups is 1. The van der Waals surface area contributed by atoms with Gasteiger partial charge >= 0.3 is 12.0 Å². The van der Waals surface area contributed by atoms with Crippen molar-refractivity contribution < 1.29 is 14.7 Å². The fourth-order valence-electron chi connectivity index (χ4n) is 1.28. The molecular weight excluding hydrogens is 220 g/mol.